The van der Waals surface area contributed by atoms with Crippen molar-refractivity contribution in [1.82, 2.24) is 16.0 Å². The third kappa shape index (κ3) is 21.8. The van der Waals surface area contributed by atoms with Gasteiger partial charge in [-0.3, -0.25) is 48.1 Å². The Morgan fingerprint density at radius 1 is 0.562 bits per heavy atom. The van der Waals surface area contributed by atoms with Gasteiger partial charge >= 0.3 is 11.9 Å². The molecule has 396 valence electrons. The molecule has 8 atom stereocenters. The number of carboxylic acid groups (broad SMARTS) is 2. The SMILES string of the molecule is CC[C@H](C)[C@H](CC(=O)[C@H](Cc1ccccc1)NC(=O)[C@H](C)CC(=O)[C@H](Cc1ccc(O)cc1)NC(=O)CCC(=O)[C@@H](C)CCCN=C(N)N)C(=O)N[C@@H](CCC(=O)O)C(=O)C[C@@H](Cc1ccc(O)cc1)C(=O)O. The van der Waals surface area contributed by atoms with Gasteiger partial charge in [0.15, 0.2) is 23.3 Å². The molecule has 0 aliphatic carbocycles. The molecule has 19 nitrogen and oxygen atoms in total. The Morgan fingerprint density at radius 3 is 1.63 bits per heavy atom. The number of carbonyl (C=O) groups excluding carboxylic acids is 7. The number of phenols is 2. The standard InChI is InChI=1S/C54H72N6O13/c1-5-32(2)41(52(71)59-42(21-24-50(68)69)47(65)30-38(53(72)73)27-36-13-17-39(61)18-14-36)31-48(66)44(28-35-11-7-6-8-12-35)60-51(70)34(4)26-46(64)43(29-37-15-19-40(62)20-16-37)58-49(67)23-22-45(63)33(3)10-9-25-57-54(55)56/h6-8,11-20,32-34,38,41-44,61-62H,5,9-10,21-31H2,1-4H3,(H,58,67)(H,59,71)(H,60,70)(H,68,69)(H,72,73)(H4,55,56,57)/t32-,33-,34+,38+,41-,42-,43-,44-/m0/s1. The number of rotatable bonds is 34. The van der Waals surface area contributed by atoms with E-state index < -0.39 is 108 Å². The van der Waals surface area contributed by atoms with Crippen LogP contribution in [0.15, 0.2) is 83.9 Å². The van der Waals surface area contributed by atoms with Gasteiger partial charge in [0.2, 0.25) is 17.7 Å². The van der Waals surface area contributed by atoms with Crippen molar-refractivity contribution >= 4 is 58.8 Å². The maximum atomic E-state index is 14.4. The monoisotopic (exact) mass is 1010 g/mol. The lowest BCUT2D eigenvalue weighted by atomic mass is 9.83. The molecule has 0 radical (unpaired) electrons. The summed E-state index contributed by atoms with van der Waals surface area (Å²) >= 11 is 0. The van der Waals surface area contributed by atoms with Gasteiger partial charge in [-0.1, -0.05) is 88.7 Å². The zero-order chi connectivity index (χ0) is 54.2. The highest BCUT2D eigenvalue weighted by Gasteiger charge is 2.35. The second kappa shape index (κ2) is 30.4. The van der Waals surface area contributed by atoms with Crippen LogP contribution in [0.2, 0.25) is 0 Å². The van der Waals surface area contributed by atoms with Crippen LogP contribution in [0.1, 0.15) is 109 Å². The second-order valence-electron chi connectivity index (χ2n) is 18.9. The van der Waals surface area contributed by atoms with E-state index in [1.54, 1.807) is 63.2 Å². The molecule has 0 aliphatic heterocycles. The highest BCUT2D eigenvalue weighted by atomic mass is 16.4. The van der Waals surface area contributed by atoms with Gasteiger partial charge in [-0.05, 0) is 85.4 Å². The van der Waals surface area contributed by atoms with Crippen LogP contribution in [0, 0.1) is 29.6 Å². The first-order valence-electron chi connectivity index (χ1n) is 24.7. The van der Waals surface area contributed by atoms with E-state index in [0.717, 1.165) is 0 Å². The zero-order valence-electron chi connectivity index (χ0n) is 42.1. The largest absolute Gasteiger partial charge is 0.508 e. The first kappa shape index (κ1) is 59.9. The molecule has 11 N–H and O–H groups in total. The van der Waals surface area contributed by atoms with E-state index in [-0.39, 0.29) is 74.1 Å². The van der Waals surface area contributed by atoms with Crippen LogP contribution in [0.4, 0.5) is 0 Å². The third-order valence-corrected chi connectivity index (χ3v) is 12.9. The highest BCUT2D eigenvalue weighted by Crippen LogP contribution is 2.24. The molecule has 0 saturated carbocycles. The number of aliphatic imine (C=N–C) groups is 1. The summed E-state index contributed by atoms with van der Waals surface area (Å²) in [6, 6.07) is 16.8. The number of ketones is 4. The number of phenolic OH excluding ortho intramolecular Hbond substituents is 2. The predicted octanol–water partition coefficient (Wildman–Crippen LogP) is 4.36. The molecule has 3 aromatic rings. The van der Waals surface area contributed by atoms with Gasteiger partial charge in [0.25, 0.3) is 0 Å². The summed E-state index contributed by atoms with van der Waals surface area (Å²) in [7, 11) is 0. The third-order valence-electron chi connectivity index (χ3n) is 12.9. The van der Waals surface area contributed by atoms with Crippen molar-refractivity contribution in [3.05, 3.63) is 95.6 Å². The van der Waals surface area contributed by atoms with Crippen LogP contribution >= 0.6 is 0 Å². The lowest BCUT2D eigenvalue weighted by Gasteiger charge is -2.28. The number of carboxylic acids is 2. The van der Waals surface area contributed by atoms with Gasteiger partial charge in [0.05, 0.1) is 24.0 Å². The van der Waals surface area contributed by atoms with Crippen molar-refractivity contribution in [1.29, 1.82) is 0 Å². The second-order valence-corrected chi connectivity index (χ2v) is 18.9. The smallest absolute Gasteiger partial charge is 0.307 e. The molecule has 3 amide bonds. The van der Waals surface area contributed by atoms with Crippen LogP contribution in [-0.4, -0.2) is 104 Å². The summed E-state index contributed by atoms with van der Waals surface area (Å²) in [5, 5.41) is 47.2. The fourth-order valence-corrected chi connectivity index (χ4v) is 8.18. The van der Waals surface area contributed by atoms with E-state index in [0.29, 0.717) is 42.5 Å². The number of nitrogens with one attached hydrogen (secondary N) is 3. The number of Topliss-reactive ketones (excluding diaryl/α,β-unsaturated/α-hetero) is 4. The maximum absolute atomic E-state index is 14.4. The number of aliphatic carboxylic acids is 2. The Hall–Kier alpha value is -7.44. The number of aromatic hydroxyl groups is 2. The van der Waals surface area contributed by atoms with Gasteiger partial charge in [0, 0.05) is 62.8 Å². The van der Waals surface area contributed by atoms with Crippen LogP contribution in [0.3, 0.4) is 0 Å². The minimum Gasteiger partial charge on any atom is -0.508 e. The summed E-state index contributed by atoms with van der Waals surface area (Å²) in [5.74, 6) is -10.7. The van der Waals surface area contributed by atoms with Crippen LogP contribution < -0.4 is 27.4 Å². The van der Waals surface area contributed by atoms with E-state index in [4.69, 9.17) is 11.5 Å². The molecule has 0 spiro atoms. The molecule has 0 aromatic heterocycles. The Kier molecular flexibility index (Phi) is 25.0. The molecule has 19 heteroatoms. The average molecular weight is 1010 g/mol. The minimum atomic E-state index is -1.40. The van der Waals surface area contributed by atoms with Crippen molar-refractivity contribution in [3.63, 3.8) is 0 Å². The fraction of sp³-hybridized carbons (Fsp3) is 0.481. The number of benzene rings is 3. The van der Waals surface area contributed by atoms with E-state index >= 15 is 0 Å². The number of nitrogens with zero attached hydrogens (tertiary/aromatic N) is 1. The number of hydrogen-bond acceptors (Lipinski definition) is 12. The fourth-order valence-electron chi connectivity index (χ4n) is 8.18. The highest BCUT2D eigenvalue weighted by molar-refractivity contribution is 5.97. The molecule has 0 saturated heterocycles. The van der Waals surface area contributed by atoms with Crippen molar-refractivity contribution < 1.29 is 63.6 Å². The Balaban J connectivity index is 1.80. The Morgan fingerprint density at radius 2 is 1.08 bits per heavy atom. The summed E-state index contributed by atoms with van der Waals surface area (Å²) in [4.78, 5) is 124. The van der Waals surface area contributed by atoms with Crippen LogP contribution in [-0.2, 0) is 62.4 Å². The molecular weight excluding hydrogens is 941 g/mol. The van der Waals surface area contributed by atoms with Crippen LogP contribution in [0.5, 0.6) is 11.5 Å². The number of carbonyl (C=O) groups is 9. The van der Waals surface area contributed by atoms with Crippen LogP contribution in [0.25, 0.3) is 0 Å². The molecule has 0 fully saturated rings. The van der Waals surface area contributed by atoms with E-state index in [1.165, 1.54) is 43.3 Å². The summed E-state index contributed by atoms with van der Waals surface area (Å²) in [6.45, 7) is 7.12. The molecule has 3 rings (SSSR count). The van der Waals surface area contributed by atoms with Crippen molar-refractivity contribution in [2.75, 3.05) is 6.54 Å². The number of amides is 3. The molecule has 0 heterocycles. The predicted molar refractivity (Wildman–Crippen MR) is 272 cm³/mol. The molecule has 73 heavy (non-hydrogen) atoms. The summed E-state index contributed by atoms with van der Waals surface area (Å²) < 4.78 is 0. The number of guanidine groups is 1. The lowest BCUT2D eigenvalue weighted by molar-refractivity contribution is -0.144. The van der Waals surface area contributed by atoms with Gasteiger partial charge in [-0.25, -0.2) is 0 Å². The van der Waals surface area contributed by atoms with Gasteiger partial charge in [-0.15, -0.1) is 0 Å². The van der Waals surface area contributed by atoms with E-state index in [1.807, 2.05) is 0 Å². The normalized spacial score (nSPS) is 14.4. The van der Waals surface area contributed by atoms with Crippen molar-refractivity contribution in [2.24, 2.45) is 46.0 Å². The van der Waals surface area contributed by atoms with Crippen molar-refractivity contribution in [3.8, 4) is 11.5 Å². The summed E-state index contributed by atoms with van der Waals surface area (Å²) in [6.07, 6.45) is -1.08. The van der Waals surface area contributed by atoms with Gasteiger partial charge < -0.3 is 47.8 Å². The topological polar surface area (TPSA) is 335 Å². The number of nitrogens with two attached hydrogens (primary N) is 2. The Bertz CT molecular complexity index is 2370. The minimum absolute atomic E-state index is 0.00518. The van der Waals surface area contributed by atoms with Gasteiger partial charge in [-0.2, -0.15) is 0 Å². The zero-order valence-corrected chi connectivity index (χ0v) is 42.1. The quantitative estimate of drug-likeness (QED) is 0.0228. The molecular formula is C54H72N6O13. The Labute approximate surface area is 426 Å². The van der Waals surface area contributed by atoms with E-state index in [9.17, 15) is 63.6 Å². The first-order chi connectivity index (χ1) is 34.6. The molecule has 0 bridgehead atoms. The molecule has 0 aliphatic rings. The lowest BCUT2D eigenvalue weighted by Crippen LogP contribution is -2.49. The molecule has 0 unspecified atom stereocenters. The summed E-state index contributed by atoms with van der Waals surface area (Å²) in [5.41, 5.74) is 12.5. The number of hydrogen-bond donors (Lipinski definition) is 9. The van der Waals surface area contributed by atoms with Gasteiger partial charge in [0.1, 0.15) is 17.3 Å². The molecule has 3 aromatic carbocycles. The average Bonchev–Trinajstić information content (AvgIpc) is 3.35. The van der Waals surface area contributed by atoms with Crippen molar-refractivity contribution in [2.45, 2.75) is 129 Å². The van der Waals surface area contributed by atoms with E-state index in [2.05, 4.69) is 20.9 Å². The first-order valence-corrected chi connectivity index (χ1v) is 24.7. The maximum Gasteiger partial charge on any atom is 0.307 e.